The number of aromatic nitrogens is 4. The zero-order chi connectivity index (χ0) is 15.0. The highest BCUT2D eigenvalue weighted by atomic mass is 16.5. The lowest BCUT2D eigenvalue weighted by Crippen LogP contribution is -1.93. The van der Waals surface area contributed by atoms with Crippen LogP contribution in [0.4, 0.5) is 5.82 Å². The molecule has 0 unspecified atom stereocenters. The van der Waals surface area contributed by atoms with E-state index in [4.69, 9.17) is 10.5 Å². The number of anilines is 1. The van der Waals surface area contributed by atoms with Gasteiger partial charge in [-0.2, -0.15) is 10.2 Å². The standard InChI is InChI=1S/C15H17N5O/c1-9-4-5-12(21-3)11(6-9)13-14(18-19-15(13)16)10-7-17-20(2)8-10/h4-8H,1-3H3,(H3,16,18,19). The van der Waals surface area contributed by atoms with E-state index in [0.717, 1.165) is 33.7 Å². The average molecular weight is 283 g/mol. The zero-order valence-corrected chi connectivity index (χ0v) is 12.2. The first kappa shape index (κ1) is 13.2. The van der Waals surface area contributed by atoms with Crippen molar-refractivity contribution in [2.45, 2.75) is 6.92 Å². The van der Waals surface area contributed by atoms with Crippen LogP contribution < -0.4 is 10.5 Å². The first-order valence-corrected chi connectivity index (χ1v) is 6.58. The number of benzene rings is 1. The van der Waals surface area contributed by atoms with E-state index in [2.05, 4.69) is 15.3 Å². The highest BCUT2D eigenvalue weighted by Gasteiger charge is 2.19. The van der Waals surface area contributed by atoms with Crippen LogP contribution in [0.3, 0.4) is 0 Å². The molecular formula is C15H17N5O. The number of hydrogen-bond donors (Lipinski definition) is 2. The molecule has 3 N–H and O–H groups in total. The third-order valence-electron chi connectivity index (χ3n) is 3.41. The second-order valence-electron chi connectivity index (χ2n) is 4.97. The summed E-state index contributed by atoms with van der Waals surface area (Å²) in [6.07, 6.45) is 3.69. The summed E-state index contributed by atoms with van der Waals surface area (Å²) in [5.41, 5.74) is 10.7. The second kappa shape index (κ2) is 4.97. The molecule has 0 radical (unpaired) electrons. The summed E-state index contributed by atoms with van der Waals surface area (Å²) in [5.74, 6) is 1.21. The molecule has 2 aromatic heterocycles. The van der Waals surface area contributed by atoms with Crippen LogP contribution in [0.1, 0.15) is 5.56 Å². The maximum absolute atomic E-state index is 6.07. The Kier molecular flexibility index (Phi) is 3.13. The van der Waals surface area contributed by atoms with Gasteiger partial charge in [0.15, 0.2) is 5.82 Å². The number of H-pyrrole nitrogens is 1. The summed E-state index contributed by atoms with van der Waals surface area (Å²) in [6.45, 7) is 2.03. The van der Waals surface area contributed by atoms with Gasteiger partial charge in [0, 0.05) is 24.4 Å². The molecule has 0 saturated heterocycles. The Labute approximate surface area is 122 Å². The lowest BCUT2D eigenvalue weighted by atomic mass is 10.00. The third-order valence-corrected chi connectivity index (χ3v) is 3.41. The van der Waals surface area contributed by atoms with E-state index in [0.29, 0.717) is 5.82 Å². The van der Waals surface area contributed by atoms with Crippen LogP contribution in [-0.2, 0) is 7.05 Å². The van der Waals surface area contributed by atoms with Crippen LogP contribution >= 0.6 is 0 Å². The van der Waals surface area contributed by atoms with Crippen molar-refractivity contribution < 1.29 is 4.74 Å². The molecule has 0 aliphatic rings. The van der Waals surface area contributed by atoms with Gasteiger partial charge in [-0.3, -0.25) is 9.78 Å². The Bertz CT molecular complexity index is 787. The molecule has 3 aromatic rings. The van der Waals surface area contributed by atoms with Gasteiger partial charge in [-0.15, -0.1) is 0 Å². The Morgan fingerprint density at radius 2 is 2.14 bits per heavy atom. The quantitative estimate of drug-likeness (QED) is 0.773. The molecule has 0 saturated carbocycles. The number of ether oxygens (including phenoxy) is 1. The zero-order valence-electron chi connectivity index (χ0n) is 12.2. The number of nitrogens with zero attached hydrogens (tertiary/aromatic N) is 3. The minimum Gasteiger partial charge on any atom is -0.496 e. The number of nitrogen functional groups attached to an aromatic ring is 1. The van der Waals surface area contributed by atoms with Gasteiger partial charge >= 0.3 is 0 Å². The van der Waals surface area contributed by atoms with Crippen molar-refractivity contribution in [1.29, 1.82) is 0 Å². The average Bonchev–Trinajstić information content (AvgIpc) is 3.04. The first-order valence-electron chi connectivity index (χ1n) is 6.58. The lowest BCUT2D eigenvalue weighted by molar-refractivity contribution is 0.416. The monoisotopic (exact) mass is 283 g/mol. The van der Waals surface area contributed by atoms with Crippen LogP contribution in [0.15, 0.2) is 30.6 Å². The van der Waals surface area contributed by atoms with Crippen LogP contribution in [0.25, 0.3) is 22.4 Å². The molecule has 6 nitrogen and oxygen atoms in total. The van der Waals surface area contributed by atoms with Crippen LogP contribution in [0.2, 0.25) is 0 Å². The van der Waals surface area contributed by atoms with Crippen molar-refractivity contribution in [1.82, 2.24) is 20.0 Å². The predicted octanol–water partition coefficient (Wildman–Crippen LogP) is 2.38. The normalized spacial score (nSPS) is 10.8. The van der Waals surface area contributed by atoms with Crippen LogP contribution in [0.5, 0.6) is 5.75 Å². The molecule has 6 heteroatoms. The SMILES string of the molecule is COc1ccc(C)cc1-c1c(N)n[nH]c1-c1cnn(C)c1. The van der Waals surface area contributed by atoms with Gasteiger partial charge < -0.3 is 10.5 Å². The number of nitrogens with one attached hydrogen (secondary N) is 1. The number of aromatic amines is 1. The Morgan fingerprint density at radius 3 is 2.81 bits per heavy atom. The van der Waals surface area contributed by atoms with E-state index in [1.807, 2.05) is 38.4 Å². The Morgan fingerprint density at radius 1 is 1.33 bits per heavy atom. The summed E-state index contributed by atoms with van der Waals surface area (Å²) in [4.78, 5) is 0. The second-order valence-corrected chi connectivity index (χ2v) is 4.97. The summed E-state index contributed by atoms with van der Waals surface area (Å²) in [6, 6.07) is 5.98. The van der Waals surface area contributed by atoms with Gasteiger partial charge in [-0.25, -0.2) is 0 Å². The number of nitrogens with two attached hydrogens (primary N) is 1. The number of rotatable bonds is 3. The van der Waals surface area contributed by atoms with Crippen LogP contribution in [-0.4, -0.2) is 27.1 Å². The molecule has 1 aromatic carbocycles. The van der Waals surface area contributed by atoms with Crippen molar-refractivity contribution in [2.24, 2.45) is 7.05 Å². The molecular weight excluding hydrogens is 266 g/mol. The van der Waals surface area contributed by atoms with Gasteiger partial charge in [-0.05, 0) is 19.1 Å². The summed E-state index contributed by atoms with van der Waals surface area (Å²) < 4.78 is 7.20. The van der Waals surface area contributed by atoms with E-state index in [9.17, 15) is 0 Å². The molecule has 0 bridgehead atoms. The Hall–Kier alpha value is -2.76. The van der Waals surface area contributed by atoms with Crippen molar-refractivity contribution in [3.63, 3.8) is 0 Å². The molecule has 0 aliphatic carbocycles. The molecule has 3 rings (SSSR count). The molecule has 0 atom stereocenters. The highest BCUT2D eigenvalue weighted by molar-refractivity contribution is 5.90. The van der Waals surface area contributed by atoms with Crippen molar-refractivity contribution in [2.75, 3.05) is 12.8 Å². The third kappa shape index (κ3) is 2.24. The molecule has 0 spiro atoms. The van der Waals surface area contributed by atoms with Gasteiger partial charge in [0.2, 0.25) is 0 Å². The van der Waals surface area contributed by atoms with Crippen molar-refractivity contribution in [3.05, 3.63) is 36.2 Å². The molecule has 108 valence electrons. The fourth-order valence-corrected chi connectivity index (χ4v) is 2.41. The van der Waals surface area contributed by atoms with Gasteiger partial charge in [0.1, 0.15) is 5.75 Å². The Balaban J connectivity index is 2.24. The summed E-state index contributed by atoms with van der Waals surface area (Å²) >= 11 is 0. The number of aryl methyl sites for hydroxylation is 2. The molecule has 0 fully saturated rings. The topological polar surface area (TPSA) is 81.8 Å². The van der Waals surface area contributed by atoms with Gasteiger partial charge in [0.05, 0.1) is 24.6 Å². The number of methoxy groups -OCH3 is 1. The molecule has 0 amide bonds. The maximum atomic E-state index is 6.07. The van der Waals surface area contributed by atoms with E-state index in [-0.39, 0.29) is 0 Å². The maximum Gasteiger partial charge on any atom is 0.153 e. The van der Waals surface area contributed by atoms with Crippen molar-refractivity contribution >= 4 is 5.82 Å². The summed E-state index contributed by atoms with van der Waals surface area (Å²) in [7, 11) is 3.52. The summed E-state index contributed by atoms with van der Waals surface area (Å²) in [5, 5.41) is 11.3. The molecule has 0 aliphatic heterocycles. The fourth-order valence-electron chi connectivity index (χ4n) is 2.41. The van der Waals surface area contributed by atoms with Gasteiger partial charge in [0.25, 0.3) is 0 Å². The van der Waals surface area contributed by atoms with Crippen LogP contribution in [0, 0.1) is 6.92 Å². The highest BCUT2D eigenvalue weighted by Crippen LogP contribution is 2.39. The minimum atomic E-state index is 0.442. The first-order chi connectivity index (χ1) is 10.1. The van der Waals surface area contributed by atoms with E-state index in [1.165, 1.54) is 0 Å². The largest absolute Gasteiger partial charge is 0.496 e. The van der Waals surface area contributed by atoms with E-state index < -0.39 is 0 Å². The smallest absolute Gasteiger partial charge is 0.153 e. The van der Waals surface area contributed by atoms with Crippen molar-refractivity contribution in [3.8, 4) is 28.1 Å². The fraction of sp³-hybridized carbons (Fsp3) is 0.200. The molecule has 21 heavy (non-hydrogen) atoms. The van der Waals surface area contributed by atoms with Gasteiger partial charge in [-0.1, -0.05) is 11.6 Å². The minimum absolute atomic E-state index is 0.442. The van der Waals surface area contributed by atoms with E-state index >= 15 is 0 Å². The predicted molar refractivity (Wildman–Crippen MR) is 81.9 cm³/mol. The lowest BCUT2D eigenvalue weighted by Gasteiger charge is -2.10. The molecule has 2 heterocycles. The number of hydrogen-bond acceptors (Lipinski definition) is 4. The van der Waals surface area contributed by atoms with E-state index in [1.54, 1.807) is 18.0 Å².